The van der Waals surface area contributed by atoms with Crippen LogP contribution in [-0.4, -0.2) is 63.2 Å². The fraction of sp³-hybridized carbons (Fsp3) is 0.296. The van der Waals surface area contributed by atoms with Crippen molar-refractivity contribution in [2.24, 2.45) is 0 Å². The number of methoxy groups -OCH3 is 1. The molecule has 1 aliphatic rings. The lowest BCUT2D eigenvalue weighted by Crippen LogP contribution is -2.36. The molecular formula is C27H29N5O6. The highest BCUT2D eigenvalue weighted by molar-refractivity contribution is 6.14. The van der Waals surface area contributed by atoms with Crippen LogP contribution in [0.5, 0.6) is 5.75 Å². The Morgan fingerprint density at radius 1 is 1.21 bits per heavy atom. The summed E-state index contributed by atoms with van der Waals surface area (Å²) in [6.45, 7) is 4.63. The Hall–Kier alpha value is -4.51. The molecule has 11 nitrogen and oxygen atoms in total. The molecule has 0 amide bonds. The predicted molar refractivity (Wildman–Crippen MR) is 140 cm³/mol. The lowest BCUT2D eigenvalue weighted by Gasteiger charge is -2.36. The number of hydrogen-bond donors (Lipinski definition) is 1. The predicted octanol–water partition coefficient (Wildman–Crippen LogP) is 4.22. The molecule has 38 heavy (non-hydrogen) atoms. The molecule has 198 valence electrons. The van der Waals surface area contributed by atoms with Gasteiger partial charge in [-0.25, -0.2) is 4.79 Å². The quantitative estimate of drug-likeness (QED) is 0.323. The van der Waals surface area contributed by atoms with Gasteiger partial charge in [0.2, 0.25) is 0 Å². The lowest BCUT2D eigenvalue weighted by molar-refractivity contribution is -0.384. The number of likely N-dealkylation sites (N-methyl/N-ethyl adjacent to an activating group) is 1. The van der Waals surface area contributed by atoms with Crippen molar-refractivity contribution in [3.63, 3.8) is 0 Å². The number of nitrogens with zero attached hydrogens (tertiary/aromatic N) is 5. The summed E-state index contributed by atoms with van der Waals surface area (Å²) in [7, 11) is 5.33. The average molecular weight is 520 g/mol. The summed E-state index contributed by atoms with van der Waals surface area (Å²) >= 11 is 0. The highest BCUT2D eigenvalue weighted by atomic mass is 16.6. The Morgan fingerprint density at radius 2 is 1.92 bits per heavy atom. The molecule has 0 aliphatic carbocycles. The van der Waals surface area contributed by atoms with E-state index < -0.39 is 16.9 Å². The Bertz CT molecular complexity index is 1430. The highest BCUT2D eigenvalue weighted by Gasteiger charge is 2.36. The van der Waals surface area contributed by atoms with Crippen molar-refractivity contribution in [3.05, 3.63) is 92.8 Å². The summed E-state index contributed by atoms with van der Waals surface area (Å²) in [6, 6.07) is 13.2. The zero-order valence-electron chi connectivity index (χ0n) is 21.8. The van der Waals surface area contributed by atoms with Gasteiger partial charge in [-0.05, 0) is 44.2 Å². The molecule has 0 saturated carbocycles. The van der Waals surface area contributed by atoms with Crippen molar-refractivity contribution in [1.82, 2.24) is 19.9 Å². The maximum absolute atomic E-state index is 12.4. The van der Waals surface area contributed by atoms with Crippen LogP contribution in [-0.2, 0) is 17.9 Å². The topological polar surface area (TPSA) is 135 Å². The number of non-ortho nitro benzene ring substituents is 1. The third-order valence-corrected chi connectivity index (χ3v) is 6.69. The number of hydrogen-bond acceptors (Lipinski definition) is 9. The van der Waals surface area contributed by atoms with Gasteiger partial charge in [-0.3, -0.25) is 15.0 Å². The summed E-state index contributed by atoms with van der Waals surface area (Å²) in [5, 5.41) is 25.8. The van der Waals surface area contributed by atoms with E-state index in [9.17, 15) is 20.0 Å². The van der Waals surface area contributed by atoms with Gasteiger partial charge in [0.05, 0.1) is 35.8 Å². The first-order valence-corrected chi connectivity index (χ1v) is 11.9. The molecule has 1 aliphatic heterocycles. The number of aliphatic carboxylic acids is 1. The van der Waals surface area contributed by atoms with Crippen LogP contribution in [0.4, 0.5) is 5.69 Å². The lowest BCUT2D eigenvalue weighted by atomic mass is 9.84. The van der Waals surface area contributed by atoms with Crippen LogP contribution in [0.3, 0.4) is 0 Å². The Kier molecular flexibility index (Phi) is 7.58. The molecule has 0 bridgehead atoms. The van der Waals surface area contributed by atoms with Gasteiger partial charge >= 0.3 is 5.97 Å². The fourth-order valence-corrected chi connectivity index (χ4v) is 4.57. The summed E-state index contributed by atoms with van der Waals surface area (Å²) in [6.07, 6.45) is 0. The van der Waals surface area contributed by atoms with Gasteiger partial charge < -0.3 is 19.3 Å². The number of benzene rings is 2. The van der Waals surface area contributed by atoms with Crippen molar-refractivity contribution in [2.45, 2.75) is 33.0 Å². The number of nitro groups is 1. The summed E-state index contributed by atoms with van der Waals surface area (Å²) < 4.78 is 10.9. The molecule has 1 atom stereocenters. The van der Waals surface area contributed by atoms with Crippen molar-refractivity contribution < 1.29 is 24.1 Å². The van der Waals surface area contributed by atoms with Crippen LogP contribution < -0.4 is 4.74 Å². The fourth-order valence-electron chi connectivity index (χ4n) is 4.57. The molecule has 0 radical (unpaired) electrons. The third kappa shape index (κ3) is 5.28. The molecule has 4 rings (SSSR count). The molecule has 2 aromatic carbocycles. The number of aromatic nitrogens is 2. The Morgan fingerprint density at radius 3 is 2.55 bits per heavy atom. The van der Waals surface area contributed by atoms with Gasteiger partial charge in [0.25, 0.3) is 11.6 Å². The molecule has 1 unspecified atom stereocenters. The van der Waals surface area contributed by atoms with E-state index in [1.165, 1.54) is 18.2 Å². The van der Waals surface area contributed by atoms with Gasteiger partial charge in [0, 0.05) is 37.0 Å². The standard InChI is InChI=1S/C27H29N5O6/c1-16-23(26-28-22(29-38-26)15-30(3)14-18-9-11-21(37-5)12-10-18)25(24(27(33)34)17(2)31(16)4)19-7-6-8-20(13-19)32(35)36/h6-13,17H,14-15H2,1-5H3,(H,33,34). The van der Waals surface area contributed by atoms with Crippen molar-refractivity contribution in [3.8, 4) is 5.75 Å². The highest BCUT2D eigenvalue weighted by Crippen LogP contribution is 2.43. The van der Waals surface area contributed by atoms with Crippen LogP contribution in [0.1, 0.15) is 36.7 Å². The first-order chi connectivity index (χ1) is 18.1. The van der Waals surface area contributed by atoms with Crippen molar-refractivity contribution in [2.75, 3.05) is 21.2 Å². The van der Waals surface area contributed by atoms with Gasteiger partial charge in [-0.2, -0.15) is 4.98 Å². The smallest absolute Gasteiger partial charge is 0.334 e. The number of carboxylic acids is 1. The largest absolute Gasteiger partial charge is 0.497 e. The van der Waals surface area contributed by atoms with Crippen LogP contribution in [0.15, 0.2) is 64.3 Å². The number of rotatable bonds is 9. The zero-order valence-corrected chi connectivity index (χ0v) is 21.8. The monoisotopic (exact) mass is 519 g/mol. The van der Waals surface area contributed by atoms with Gasteiger partial charge in [0.15, 0.2) is 5.82 Å². The Labute approximate surface area is 219 Å². The Balaban J connectivity index is 1.70. The maximum Gasteiger partial charge on any atom is 0.334 e. The molecule has 0 spiro atoms. The van der Waals surface area contributed by atoms with E-state index in [1.807, 2.05) is 48.0 Å². The SMILES string of the molecule is COc1ccc(CN(C)Cc2noc(C3=C(C)N(C)C(C)C(C(=O)O)=C3c3cccc([N+](=O)[O-])c3)n2)cc1. The molecule has 1 aromatic heterocycles. The van der Waals surface area contributed by atoms with E-state index in [1.54, 1.807) is 27.1 Å². The summed E-state index contributed by atoms with van der Waals surface area (Å²) in [4.78, 5) is 31.8. The summed E-state index contributed by atoms with van der Waals surface area (Å²) in [5.74, 6) is 0.222. The molecule has 0 saturated heterocycles. The van der Waals surface area contributed by atoms with E-state index in [0.29, 0.717) is 41.3 Å². The van der Waals surface area contributed by atoms with Gasteiger partial charge in [0.1, 0.15) is 5.75 Å². The van der Waals surface area contributed by atoms with E-state index in [2.05, 4.69) is 10.1 Å². The normalized spacial score (nSPS) is 15.8. The number of ether oxygens (including phenoxy) is 1. The number of carboxylic acid groups (broad SMARTS) is 1. The van der Waals surface area contributed by atoms with Crippen LogP contribution >= 0.6 is 0 Å². The minimum atomic E-state index is -1.13. The second kappa shape index (κ2) is 10.9. The molecule has 3 aromatic rings. The summed E-state index contributed by atoms with van der Waals surface area (Å²) in [5.41, 5.74) is 2.89. The molecule has 0 fully saturated rings. The zero-order chi connectivity index (χ0) is 27.6. The maximum atomic E-state index is 12.4. The van der Waals surface area contributed by atoms with Crippen LogP contribution in [0, 0.1) is 10.1 Å². The van der Waals surface area contributed by atoms with Crippen molar-refractivity contribution in [1.29, 1.82) is 0 Å². The second-order valence-corrected chi connectivity index (χ2v) is 9.18. The molecular weight excluding hydrogens is 490 g/mol. The third-order valence-electron chi connectivity index (χ3n) is 6.69. The van der Waals surface area contributed by atoms with Crippen LogP contribution in [0.25, 0.3) is 11.1 Å². The van der Waals surface area contributed by atoms with E-state index in [4.69, 9.17) is 9.26 Å². The first kappa shape index (κ1) is 26.6. The average Bonchev–Trinajstić information content (AvgIpc) is 3.34. The van der Waals surface area contributed by atoms with E-state index in [-0.39, 0.29) is 17.2 Å². The van der Waals surface area contributed by atoms with E-state index >= 15 is 0 Å². The molecule has 11 heteroatoms. The van der Waals surface area contributed by atoms with Gasteiger partial charge in [-0.15, -0.1) is 0 Å². The molecule has 2 heterocycles. The van der Waals surface area contributed by atoms with Crippen LogP contribution in [0.2, 0.25) is 0 Å². The second-order valence-electron chi connectivity index (χ2n) is 9.18. The molecule has 1 N–H and O–H groups in total. The first-order valence-electron chi connectivity index (χ1n) is 11.9. The van der Waals surface area contributed by atoms with Crippen molar-refractivity contribution >= 4 is 22.8 Å². The van der Waals surface area contributed by atoms with E-state index in [0.717, 1.165) is 11.3 Å². The minimum absolute atomic E-state index is 0.0879. The van der Waals surface area contributed by atoms with Gasteiger partial charge in [-0.1, -0.05) is 29.4 Å². The number of nitro benzene ring substituents is 1. The number of carbonyl (C=O) groups is 1. The minimum Gasteiger partial charge on any atom is -0.497 e. The number of allylic oxidation sites excluding steroid dienone is 3.